The van der Waals surface area contributed by atoms with Gasteiger partial charge in [0.25, 0.3) is 0 Å². The fraction of sp³-hybridized carbons (Fsp3) is 0.133. The van der Waals surface area contributed by atoms with Crippen LogP contribution in [-0.2, 0) is 4.79 Å². The van der Waals surface area contributed by atoms with Gasteiger partial charge in [-0.15, -0.1) is 11.8 Å². The number of hydrogen-bond acceptors (Lipinski definition) is 3. The highest BCUT2D eigenvalue weighted by atomic mass is 32.2. The second-order valence-corrected chi connectivity index (χ2v) is 5.33. The summed E-state index contributed by atoms with van der Waals surface area (Å²) in [5, 5.41) is 2.83. The van der Waals surface area contributed by atoms with Gasteiger partial charge in [0, 0.05) is 16.3 Å². The van der Waals surface area contributed by atoms with E-state index in [1.54, 1.807) is 12.1 Å². The monoisotopic (exact) mass is 272 g/mol. The lowest BCUT2D eigenvalue weighted by molar-refractivity contribution is -0.113. The Bertz CT molecular complexity index is 584. The molecule has 1 amide bonds. The van der Waals surface area contributed by atoms with Crippen LogP contribution in [0.5, 0.6) is 0 Å². The molecule has 0 bridgehead atoms. The molecular formula is C15H16N2OS. The van der Waals surface area contributed by atoms with E-state index < -0.39 is 0 Å². The summed E-state index contributed by atoms with van der Waals surface area (Å²) < 4.78 is 0. The summed E-state index contributed by atoms with van der Waals surface area (Å²) in [4.78, 5) is 12.9. The molecule has 0 radical (unpaired) electrons. The first-order chi connectivity index (χ1) is 9.13. The number of carbonyl (C=O) groups is 1. The average molecular weight is 272 g/mol. The first-order valence-electron chi connectivity index (χ1n) is 5.98. The number of nitrogen functional groups attached to an aromatic ring is 1. The van der Waals surface area contributed by atoms with Gasteiger partial charge in [-0.1, -0.05) is 23.8 Å². The first-order valence-corrected chi connectivity index (χ1v) is 6.97. The molecule has 0 aliphatic heterocycles. The number of rotatable bonds is 4. The Kier molecular flexibility index (Phi) is 4.47. The smallest absolute Gasteiger partial charge is 0.234 e. The molecule has 19 heavy (non-hydrogen) atoms. The van der Waals surface area contributed by atoms with Crippen molar-refractivity contribution < 1.29 is 4.79 Å². The van der Waals surface area contributed by atoms with Crippen LogP contribution in [0.1, 0.15) is 5.56 Å². The normalized spacial score (nSPS) is 10.2. The van der Waals surface area contributed by atoms with Crippen LogP contribution in [0.25, 0.3) is 0 Å². The van der Waals surface area contributed by atoms with E-state index in [0.29, 0.717) is 11.4 Å². The molecule has 0 aliphatic rings. The zero-order valence-electron chi connectivity index (χ0n) is 10.7. The van der Waals surface area contributed by atoms with Crippen LogP contribution in [0.2, 0.25) is 0 Å². The molecule has 0 saturated heterocycles. The molecule has 0 saturated carbocycles. The lowest BCUT2D eigenvalue weighted by Gasteiger charge is -2.06. The van der Waals surface area contributed by atoms with Gasteiger partial charge in [0.05, 0.1) is 5.75 Å². The maximum absolute atomic E-state index is 11.8. The van der Waals surface area contributed by atoms with Crippen LogP contribution in [-0.4, -0.2) is 11.7 Å². The number of thioether (sulfide) groups is 1. The van der Waals surface area contributed by atoms with Gasteiger partial charge >= 0.3 is 0 Å². The van der Waals surface area contributed by atoms with Crippen molar-refractivity contribution in [1.82, 2.24) is 0 Å². The second kappa shape index (κ2) is 6.29. The summed E-state index contributed by atoms with van der Waals surface area (Å²) >= 11 is 1.52. The summed E-state index contributed by atoms with van der Waals surface area (Å²) in [6.45, 7) is 2.04. The zero-order valence-corrected chi connectivity index (χ0v) is 11.5. The van der Waals surface area contributed by atoms with Crippen molar-refractivity contribution >= 4 is 29.0 Å². The van der Waals surface area contributed by atoms with Gasteiger partial charge in [-0.3, -0.25) is 4.79 Å². The van der Waals surface area contributed by atoms with Crippen LogP contribution in [0.4, 0.5) is 11.4 Å². The van der Waals surface area contributed by atoms with E-state index in [0.717, 1.165) is 10.6 Å². The van der Waals surface area contributed by atoms with Crippen LogP contribution >= 0.6 is 11.8 Å². The minimum Gasteiger partial charge on any atom is -0.399 e. The third kappa shape index (κ3) is 4.34. The van der Waals surface area contributed by atoms with Crippen LogP contribution in [0.15, 0.2) is 53.4 Å². The van der Waals surface area contributed by atoms with Crippen LogP contribution in [0, 0.1) is 6.92 Å². The second-order valence-electron chi connectivity index (χ2n) is 4.28. The van der Waals surface area contributed by atoms with Gasteiger partial charge in [-0.05, 0) is 37.3 Å². The Morgan fingerprint density at radius 3 is 2.74 bits per heavy atom. The van der Waals surface area contributed by atoms with E-state index in [2.05, 4.69) is 11.4 Å². The number of nitrogens with two attached hydrogens (primary N) is 1. The van der Waals surface area contributed by atoms with E-state index in [1.807, 2.05) is 37.3 Å². The summed E-state index contributed by atoms with van der Waals surface area (Å²) in [6, 6.07) is 15.3. The van der Waals surface area contributed by atoms with E-state index >= 15 is 0 Å². The molecule has 98 valence electrons. The molecular weight excluding hydrogens is 256 g/mol. The van der Waals surface area contributed by atoms with Gasteiger partial charge < -0.3 is 11.1 Å². The van der Waals surface area contributed by atoms with Crippen LogP contribution in [0.3, 0.4) is 0 Å². The topological polar surface area (TPSA) is 55.1 Å². The maximum atomic E-state index is 11.8. The lowest BCUT2D eigenvalue weighted by Crippen LogP contribution is -2.14. The van der Waals surface area contributed by atoms with E-state index in [4.69, 9.17) is 5.73 Å². The predicted octanol–water partition coefficient (Wildman–Crippen LogP) is 3.31. The Balaban J connectivity index is 1.88. The highest BCUT2D eigenvalue weighted by molar-refractivity contribution is 8.00. The Labute approximate surface area is 117 Å². The minimum atomic E-state index is -0.0305. The molecule has 4 heteroatoms. The minimum absolute atomic E-state index is 0.0305. The highest BCUT2D eigenvalue weighted by Gasteiger charge is 2.04. The maximum Gasteiger partial charge on any atom is 0.234 e. The summed E-state index contributed by atoms with van der Waals surface area (Å²) in [5.41, 5.74) is 8.23. The summed E-state index contributed by atoms with van der Waals surface area (Å²) in [5.74, 6) is 0.357. The number of aryl methyl sites for hydroxylation is 1. The van der Waals surface area contributed by atoms with Gasteiger partial charge in [0.15, 0.2) is 0 Å². The molecule has 0 spiro atoms. The quantitative estimate of drug-likeness (QED) is 0.663. The molecule has 2 aromatic carbocycles. The summed E-state index contributed by atoms with van der Waals surface area (Å²) in [7, 11) is 0. The van der Waals surface area contributed by atoms with E-state index in [-0.39, 0.29) is 5.91 Å². The van der Waals surface area contributed by atoms with Gasteiger partial charge in [0.1, 0.15) is 0 Å². The van der Waals surface area contributed by atoms with Crippen molar-refractivity contribution in [1.29, 1.82) is 0 Å². The standard InChI is InChI=1S/C15H16N2OS/c1-11-4-2-7-14(8-11)19-10-15(18)17-13-6-3-5-12(16)9-13/h2-9H,10,16H2,1H3,(H,17,18). The average Bonchev–Trinajstić information content (AvgIpc) is 2.36. The number of nitrogens with one attached hydrogen (secondary N) is 1. The Morgan fingerprint density at radius 2 is 2.00 bits per heavy atom. The fourth-order valence-corrected chi connectivity index (χ4v) is 2.48. The predicted molar refractivity (Wildman–Crippen MR) is 81.4 cm³/mol. The van der Waals surface area contributed by atoms with E-state index in [1.165, 1.54) is 17.3 Å². The van der Waals surface area contributed by atoms with E-state index in [9.17, 15) is 4.79 Å². The molecule has 0 heterocycles. The van der Waals surface area contributed by atoms with Gasteiger partial charge in [-0.2, -0.15) is 0 Å². The SMILES string of the molecule is Cc1cccc(SCC(=O)Nc2cccc(N)c2)c1. The van der Waals surface area contributed by atoms with Gasteiger partial charge in [-0.25, -0.2) is 0 Å². The van der Waals surface area contributed by atoms with Crippen molar-refractivity contribution in [2.24, 2.45) is 0 Å². The van der Waals surface area contributed by atoms with Crippen LogP contribution < -0.4 is 11.1 Å². The molecule has 0 aliphatic carbocycles. The van der Waals surface area contributed by atoms with Crippen molar-refractivity contribution in [3.63, 3.8) is 0 Å². The number of carbonyl (C=O) groups excluding carboxylic acids is 1. The number of benzene rings is 2. The van der Waals surface area contributed by atoms with Gasteiger partial charge in [0.2, 0.25) is 5.91 Å². The number of hydrogen-bond donors (Lipinski definition) is 2. The molecule has 0 aromatic heterocycles. The molecule has 2 aromatic rings. The lowest BCUT2D eigenvalue weighted by atomic mass is 10.2. The number of anilines is 2. The largest absolute Gasteiger partial charge is 0.399 e. The third-order valence-electron chi connectivity index (χ3n) is 2.53. The zero-order chi connectivity index (χ0) is 13.7. The molecule has 3 nitrogen and oxygen atoms in total. The molecule has 2 rings (SSSR count). The fourth-order valence-electron chi connectivity index (χ4n) is 1.67. The molecule has 0 fully saturated rings. The number of amides is 1. The molecule has 0 atom stereocenters. The first kappa shape index (κ1) is 13.5. The van der Waals surface area contributed by atoms with Crippen molar-refractivity contribution in [2.45, 2.75) is 11.8 Å². The third-order valence-corrected chi connectivity index (χ3v) is 3.52. The van der Waals surface area contributed by atoms with Crippen molar-refractivity contribution in [3.8, 4) is 0 Å². The van der Waals surface area contributed by atoms with Crippen molar-refractivity contribution in [2.75, 3.05) is 16.8 Å². The molecule has 3 N–H and O–H groups in total. The molecule has 0 unspecified atom stereocenters. The van der Waals surface area contributed by atoms with Crippen molar-refractivity contribution in [3.05, 3.63) is 54.1 Å². The summed E-state index contributed by atoms with van der Waals surface area (Å²) in [6.07, 6.45) is 0. The Morgan fingerprint density at radius 1 is 1.21 bits per heavy atom. The Hall–Kier alpha value is -1.94. The highest BCUT2D eigenvalue weighted by Crippen LogP contribution is 2.19.